The molecule has 1 aliphatic rings. The van der Waals surface area contributed by atoms with Gasteiger partial charge in [0.15, 0.2) is 0 Å². The van der Waals surface area contributed by atoms with E-state index in [1.165, 1.54) is 38.8 Å². The average molecular weight is 221 g/mol. The predicted molar refractivity (Wildman–Crippen MR) is 71.3 cm³/mol. The highest BCUT2D eigenvalue weighted by Gasteiger charge is 2.28. The van der Waals surface area contributed by atoms with Crippen molar-refractivity contribution in [1.29, 1.82) is 0 Å². The molecule has 1 nitrogen and oxygen atoms in total. The van der Waals surface area contributed by atoms with Crippen LogP contribution in [0.25, 0.3) is 0 Å². The van der Waals surface area contributed by atoms with Crippen LogP contribution in [-0.2, 0) is 0 Å². The van der Waals surface area contributed by atoms with Gasteiger partial charge in [-0.15, -0.1) is 6.42 Å². The van der Waals surface area contributed by atoms with Crippen LogP contribution in [0.4, 0.5) is 0 Å². The van der Waals surface area contributed by atoms with E-state index in [0.29, 0.717) is 0 Å². The smallest absolute Gasteiger partial charge is 0.0766 e. The van der Waals surface area contributed by atoms with Crippen LogP contribution in [0.5, 0.6) is 0 Å². The standard InChI is InChI=1S/C15H27N/c1-6-15(4,5)16-11-9-14(10-12-16)8-7-13(2)3/h1,13-14H,7-12H2,2-5H3. The van der Waals surface area contributed by atoms with Gasteiger partial charge in [-0.05, 0) is 51.6 Å². The molecule has 1 aliphatic heterocycles. The zero-order valence-corrected chi connectivity index (χ0v) is 11.4. The Bertz CT molecular complexity index is 239. The largest absolute Gasteiger partial charge is 0.288 e. The first-order chi connectivity index (χ1) is 7.45. The Morgan fingerprint density at radius 3 is 2.31 bits per heavy atom. The summed E-state index contributed by atoms with van der Waals surface area (Å²) in [6.45, 7) is 11.3. The van der Waals surface area contributed by atoms with Gasteiger partial charge in [-0.25, -0.2) is 0 Å². The first kappa shape index (κ1) is 13.6. The van der Waals surface area contributed by atoms with Gasteiger partial charge in [0.25, 0.3) is 0 Å². The zero-order chi connectivity index (χ0) is 12.2. The van der Waals surface area contributed by atoms with Crippen molar-refractivity contribution in [3.05, 3.63) is 0 Å². The Hall–Kier alpha value is -0.480. The molecule has 1 saturated heterocycles. The Morgan fingerprint density at radius 2 is 1.88 bits per heavy atom. The molecule has 16 heavy (non-hydrogen) atoms. The quantitative estimate of drug-likeness (QED) is 0.656. The lowest BCUT2D eigenvalue weighted by Crippen LogP contribution is -2.47. The molecule has 0 amide bonds. The molecule has 0 unspecified atom stereocenters. The molecule has 0 aliphatic carbocycles. The van der Waals surface area contributed by atoms with Crippen LogP contribution in [0.2, 0.25) is 0 Å². The second kappa shape index (κ2) is 5.73. The fourth-order valence-electron chi connectivity index (χ4n) is 2.44. The van der Waals surface area contributed by atoms with Crippen LogP contribution in [-0.4, -0.2) is 23.5 Å². The predicted octanol–water partition coefficient (Wildman–Crippen LogP) is 3.55. The van der Waals surface area contributed by atoms with Crippen molar-refractivity contribution in [2.24, 2.45) is 11.8 Å². The number of hydrogen-bond acceptors (Lipinski definition) is 1. The lowest BCUT2D eigenvalue weighted by molar-refractivity contribution is 0.107. The molecule has 0 saturated carbocycles. The number of hydrogen-bond donors (Lipinski definition) is 0. The molecule has 0 N–H and O–H groups in total. The van der Waals surface area contributed by atoms with Gasteiger partial charge in [-0.3, -0.25) is 4.90 Å². The van der Waals surface area contributed by atoms with E-state index in [-0.39, 0.29) is 5.54 Å². The molecule has 1 heterocycles. The second-order valence-corrected chi connectivity index (χ2v) is 6.10. The summed E-state index contributed by atoms with van der Waals surface area (Å²) in [5.41, 5.74) is -0.0526. The van der Waals surface area contributed by atoms with Gasteiger partial charge < -0.3 is 0 Å². The van der Waals surface area contributed by atoms with Gasteiger partial charge in [0.1, 0.15) is 0 Å². The maximum atomic E-state index is 5.58. The third-order valence-corrected chi connectivity index (χ3v) is 3.91. The fraction of sp³-hybridized carbons (Fsp3) is 0.867. The van der Waals surface area contributed by atoms with E-state index in [4.69, 9.17) is 6.42 Å². The minimum Gasteiger partial charge on any atom is -0.288 e. The van der Waals surface area contributed by atoms with Crippen LogP contribution in [0.15, 0.2) is 0 Å². The molecule has 0 aromatic rings. The molecule has 1 rings (SSSR count). The van der Waals surface area contributed by atoms with Gasteiger partial charge >= 0.3 is 0 Å². The van der Waals surface area contributed by atoms with E-state index in [1.54, 1.807) is 0 Å². The maximum absolute atomic E-state index is 5.58. The van der Waals surface area contributed by atoms with Gasteiger partial charge in [-0.2, -0.15) is 0 Å². The normalized spacial score (nSPS) is 20.0. The SMILES string of the molecule is C#CC(C)(C)N1CCC(CCC(C)C)CC1. The summed E-state index contributed by atoms with van der Waals surface area (Å²) in [5, 5.41) is 0. The summed E-state index contributed by atoms with van der Waals surface area (Å²) in [4.78, 5) is 2.46. The average Bonchev–Trinajstić information content (AvgIpc) is 2.27. The van der Waals surface area contributed by atoms with E-state index in [9.17, 15) is 0 Å². The lowest BCUT2D eigenvalue weighted by atomic mass is 9.88. The molecule has 0 aromatic carbocycles. The van der Waals surface area contributed by atoms with Crippen LogP contribution in [0.3, 0.4) is 0 Å². The second-order valence-electron chi connectivity index (χ2n) is 6.10. The van der Waals surface area contributed by atoms with E-state index in [0.717, 1.165) is 11.8 Å². The summed E-state index contributed by atoms with van der Waals surface area (Å²) in [6, 6.07) is 0. The van der Waals surface area contributed by atoms with Crippen molar-refractivity contribution in [1.82, 2.24) is 4.90 Å². The zero-order valence-electron chi connectivity index (χ0n) is 11.4. The van der Waals surface area contributed by atoms with Gasteiger partial charge in [-0.1, -0.05) is 32.6 Å². The molecule has 92 valence electrons. The highest BCUT2D eigenvalue weighted by Crippen LogP contribution is 2.27. The van der Waals surface area contributed by atoms with E-state index < -0.39 is 0 Å². The summed E-state index contributed by atoms with van der Waals surface area (Å²) < 4.78 is 0. The minimum absolute atomic E-state index is 0.0526. The minimum atomic E-state index is -0.0526. The molecule has 0 bridgehead atoms. The van der Waals surface area contributed by atoms with Crippen molar-refractivity contribution in [2.75, 3.05) is 13.1 Å². The highest BCUT2D eigenvalue weighted by molar-refractivity contribution is 5.09. The van der Waals surface area contributed by atoms with Gasteiger partial charge in [0, 0.05) is 0 Å². The molecular weight excluding hydrogens is 194 g/mol. The van der Waals surface area contributed by atoms with Crippen LogP contribution >= 0.6 is 0 Å². The first-order valence-electron chi connectivity index (χ1n) is 6.68. The molecular formula is C15H27N. The van der Waals surface area contributed by atoms with Crippen LogP contribution in [0, 0.1) is 24.2 Å². The first-order valence-corrected chi connectivity index (χ1v) is 6.68. The van der Waals surface area contributed by atoms with Crippen molar-refractivity contribution in [2.45, 2.75) is 58.9 Å². The van der Waals surface area contributed by atoms with Crippen LogP contribution < -0.4 is 0 Å². The summed E-state index contributed by atoms with van der Waals surface area (Å²) in [7, 11) is 0. The number of terminal acetylenes is 1. The van der Waals surface area contributed by atoms with E-state index in [1.807, 2.05) is 0 Å². The summed E-state index contributed by atoms with van der Waals surface area (Å²) in [5.74, 6) is 4.69. The molecule has 1 fully saturated rings. The van der Waals surface area contributed by atoms with Crippen LogP contribution in [0.1, 0.15) is 53.4 Å². The Morgan fingerprint density at radius 1 is 1.31 bits per heavy atom. The van der Waals surface area contributed by atoms with Crippen molar-refractivity contribution in [3.63, 3.8) is 0 Å². The molecule has 0 spiro atoms. The summed E-state index contributed by atoms with van der Waals surface area (Å²) in [6.07, 6.45) is 11.0. The number of rotatable bonds is 4. The number of likely N-dealkylation sites (tertiary alicyclic amines) is 1. The maximum Gasteiger partial charge on any atom is 0.0766 e. The third kappa shape index (κ3) is 3.83. The van der Waals surface area contributed by atoms with Crippen molar-refractivity contribution < 1.29 is 0 Å². The Kier molecular flexibility index (Phi) is 4.87. The monoisotopic (exact) mass is 221 g/mol. The number of nitrogens with zero attached hydrogens (tertiary/aromatic N) is 1. The lowest BCUT2D eigenvalue weighted by Gasteiger charge is -2.40. The fourth-order valence-corrected chi connectivity index (χ4v) is 2.44. The van der Waals surface area contributed by atoms with Gasteiger partial charge in [0.05, 0.1) is 5.54 Å². The van der Waals surface area contributed by atoms with E-state index >= 15 is 0 Å². The van der Waals surface area contributed by atoms with Crippen molar-refractivity contribution >= 4 is 0 Å². The Balaban J connectivity index is 2.32. The molecule has 0 aromatic heterocycles. The van der Waals surface area contributed by atoms with Gasteiger partial charge in [0.2, 0.25) is 0 Å². The number of piperidine rings is 1. The Labute approximate surface area is 102 Å². The molecule has 0 radical (unpaired) electrons. The van der Waals surface area contributed by atoms with Crippen molar-refractivity contribution in [3.8, 4) is 12.3 Å². The highest BCUT2D eigenvalue weighted by atomic mass is 15.2. The third-order valence-electron chi connectivity index (χ3n) is 3.91. The molecule has 1 heteroatoms. The topological polar surface area (TPSA) is 3.24 Å². The summed E-state index contributed by atoms with van der Waals surface area (Å²) >= 11 is 0. The van der Waals surface area contributed by atoms with E-state index in [2.05, 4.69) is 38.5 Å². The molecule has 0 atom stereocenters.